The molecule has 0 atom stereocenters. The number of sulfonamides is 2. The smallest absolute Gasteiger partial charge is 0.444 e. The van der Waals surface area contributed by atoms with Crippen LogP contribution >= 0.6 is 0 Å². The van der Waals surface area contributed by atoms with Crippen molar-refractivity contribution in [3.8, 4) is 0 Å². The van der Waals surface area contributed by atoms with Crippen LogP contribution in [0.4, 0.5) is 54.9 Å². The number of ketones is 1. The third-order valence-electron chi connectivity index (χ3n) is 8.13. The van der Waals surface area contributed by atoms with E-state index in [9.17, 15) is 79.2 Å². The zero-order valence-corrected chi connectivity index (χ0v) is 37.2. The maximum absolute atomic E-state index is 12.4. The van der Waals surface area contributed by atoms with Crippen LogP contribution < -0.4 is 3.71 Å². The molecule has 2 fully saturated rings. The van der Waals surface area contributed by atoms with Gasteiger partial charge in [-0.15, -0.1) is 3.71 Å². The number of hydrogen-bond acceptors (Lipinski definition) is 13. The highest BCUT2D eigenvalue weighted by atomic mass is 32.3. The van der Waals surface area contributed by atoms with E-state index >= 15 is 0 Å². The molecule has 1 aromatic rings. The molecule has 62 heavy (non-hydrogen) atoms. The molecular weight excluding hydrogens is 924 g/mol. The molecule has 3 heterocycles. The second-order valence-corrected chi connectivity index (χ2v) is 20.6. The van der Waals surface area contributed by atoms with Crippen LogP contribution in [0.1, 0.15) is 87.5 Å². The normalized spacial score (nSPS) is 16.8. The maximum Gasteiger partial charge on any atom is 0.534 e. The average molecular weight is 973 g/mol. The number of carbonyl (C=O) groups is 3. The quantitative estimate of drug-likeness (QED) is 0.107. The number of anilines is 1. The molecule has 0 unspecified atom stereocenters. The number of Topliss-reactive ketones (excluding diaryl/α,β-unsaturated/α-hetero) is 1. The maximum atomic E-state index is 12.4. The van der Waals surface area contributed by atoms with Crippen LogP contribution in [-0.4, -0.2) is 112 Å². The number of carbonyl (C=O) groups excluding carboxylic acids is 3. The van der Waals surface area contributed by atoms with Gasteiger partial charge in [-0.25, -0.2) is 14.6 Å². The fourth-order valence-electron chi connectivity index (χ4n) is 5.22. The SMILES string of the molecule is C/C=C(\OS(=O)(=O)C(F)(F)F)C1CCN(C(=O)OC(C)(C)C)CC1.CCC(=O)C1CCN(C(=O)OC(C)(C)C)CC1.O=S(=O)(N(c1ccccn1)S(=O)(=O)C(F)(F)F)C(F)(F)F. The first kappa shape index (κ1) is 55.9. The first-order chi connectivity index (χ1) is 27.8. The lowest BCUT2D eigenvalue weighted by Gasteiger charge is -2.33. The van der Waals surface area contributed by atoms with Crippen LogP contribution in [0.5, 0.6) is 0 Å². The number of halogens is 9. The Labute approximate surface area is 353 Å². The number of amides is 2. The number of likely N-dealkylation sites (tertiary alicyclic amines) is 2. The predicted octanol–water partition coefficient (Wildman–Crippen LogP) is 7.60. The zero-order chi connectivity index (χ0) is 48.5. The summed E-state index contributed by atoms with van der Waals surface area (Å²) >= 11 is 0. The Morgan fingerprint density at radius 1 is 0.694 bits per heavy atom. The van der Waals surface area contributed by atoms with Gasteiger partial charge >= 0.3 is 58.9 Å². The van der Waals surface area contributed by atoms with Crippen molar-refractivity contribution in [2.24, 2.45) is 11.8 Å². The molecule has 0 bridgehead atoms. The zero-order valence-electron chi connectivity index (χ0n) is 34.7. The summed E-state index contributed by atoms with van der Waals surface area (Å²) in [6.45, 7) is 15.8. The van der Waals surface area contributed by atoms with E-state index in [1.54, 1.807) is 25.7 Å². The van der Waals surface area contributed by atoms with E-state index < -0.39 is 79.4 Å². The van der Waals surface area contributed by atoms with E-state index in [0.717, 1.165) is 25.0 Å². The van der Waals surface area contributed by atoms with Crippen LogP contribution in [-0.2, 0) is 48.6 Å². The van der Waals surface area contributed by atoms with Gasteiger partial charge in [-0.05, 0) is 92.4 Å². The minimum absolute atomic E-state index is 0.138. The van der Waals surface area contributed by atoms with Crippen LogP contribution in [0.15, 0.2) is 36.2 Å². The summed E-state index contributed by atoms with van der Waals surface area (Å²) in [5.74, 6) is -1.87. The Hall–Kier alpha value is -4.08. The number of piperidine rings is 2. The minimum atomic E-state index is -6.87. The van der Waals surface area contributed by atoms with Gasteiger partial charge in [0, 0.05) is 50.6 Å². The Morgan fingerprint density at radius 3 is 1.37 bits per heavy atom. The predicted molar refractivity (Wildman–Crippen MR) is 203 cm³/mol. The topological polar surface area (TPSA) is 204 Å². The van der Waals surface area contributed by atoms with Crippen molar-refractivity contribution in [2.45, 2.75) is 115 Å². The van der Waals surface area contributed by atoms with E-state index in [0.29, 0.717) is 37.6 Å². The van der Waals surface area contributed by atoms with Crippen molar-refractivity contribution in [1.29, 1.82) is 0 Å². The second-order valence-electron chi connectivity index (χ2n) is 15.3. The molecule has 2 aliphatic rings. The van der Waals surface area contributed by atoms with Gasteiger partial charge in [-0.2, -0.15) is 64.8 Å². The number of nitrogens with zero attached hydrogens (tertiary/aromatic N) is 4. The Kier molecular flexibility index (Phi) is 19.0. The molecule has 3 rings (SSSR count). The molecule has 0 radical (unpaired) electrons. The third-order valence-corrected chi connectivity index (χ3v) is 12.7. The first-order valence-corrected chi connectivity index (χ1v) is 22.6. The van der Waals surface area contributed by atoms with Crippen LogP contribution in [0.2, 0.25) is 0 Å². The first-order valence-electron chi connectivity index (χ1n) is 18.3. The number of allylic oxidation sites excluding steroid dienone is 2. The molecule has 0 saturated carbocycles. The fraction of sp³-hybridized carbons (Fsp3) is 0.706. The third kappa shape index (κ3) is 16.2. The van der Waals surface area contributed by atoms with Gasteiger partial charge in [0.25, 0.3) is 0 Å². The molecule has 2 amide bonds. The van der Waals surface area contributed by atoms with Gasteiger partial charge in [-0.1, -0.05) is 13.0 Å². The molecule has 0 N–H and O–H groups in total. The number of pyridine rings is 1. The Morgan fingerprint density at radius 2 is 1.08 bits per heavy atom. The van der Waals surface area contributed by atoms with Crippen molar-refractivity contribution < 1.29 is 92.8 Å². The number of rotatable bonds is 8. The Balaban J connectivity index is 0.000000472. The Bertz CT molecular complexity index is 1990. The largest absolute Gasteiger partial charge is 0.534 e. The summed E-state index contributed by atoms with van der Waals surface area (Å²) in [6.07, 6.45) is 3.76. The second kappa shape index (κ2) is 21.1. The molecule has 16 nitrogen and oxygen atoms in total. The fourth-order valence-corrected chi connectivity index (χ4v) is 8.43. The molecular formula is C34H49F9N4O12S3. The van der Waals surface area contributed by atoms with Crippen molar-refractivity contribution in [2.75, 3.05) is 29.9 Å². The number of aromatic nitrogens is 1. The molecule has 1 aromatic heterocycles. The van der Waals surface area contributed by atoms with Crippen molar-refractivity contribution >= 4 is 54.0 Å². The number of hydrogen-bond donors (Lipinski definition) is 0. The van der Waals surface area contributed by atoms with Crippen LogP contribution in [0, 0.1) is 11.8 Å². The highest BCUT2D eigenvalue weighted by Gasteiger charge is 2.62. The number of alkyl halides is 9. The van der Waals surface area contributed by atoms with Crippen LogP contribution in [0.3, 0.4) is 0 Å². The van der Waals surface area contributed by atoms with E-state index in [4.69, 9.17) is 9.47 Å². The molecule has 2 aliphatic heterocycles. The van der Waals surface area contributed by atoms with Gasteiger partial charge < -0.3 is 23.5 Å². The summed E-state index contributed by atoms with van der Waals surface area (Å²) in [5.41, 5.74) is -19.1. The molecule has 28 heteroatoms. The van der Waals surface area contributed by atoms with Crippen molar-refractivity contribution in [3.05, 3.63) is 36.2 Å². The monoisotopic (exact) mass is 972 g/mol. The minimum Gasteiger partial charge on any atom is -0.444 e. The summed E-state index contributed by atoms with van der Waals surface area (Å²) in [7, 11) is -19.4. The van der Waals surface area contributed by atoms with E-state index in [1.807, 2.05) is 27.7 Å². The molecule has 358 valence electrons. The van der Waals surface area contributed by atoms with Gasteiger partial charge in [0.05, 0.1) is 0 Å². The molecule has 0 spiro atoms. The lowest BCUT2D eigenvalue weighted by atomic mass is 9.91. The average Bonchev–Trinajstić information content (AvgIpc) is 3.11. The van der Waals surface area contributed by atoms with Gasteiger partial charge in [-0.3, -0.25) is 4.79 Å². The van der Waals surface area contributed by atoms with Crippen molar-refractivity contribution in [1.82, 2.24) is 14.8 Å². The molecule has 2 saturated heterocycles. The lowest BCUT2D eigenvalue weighted by molar-refractivity contribution is -0.124. The van der Waals surface area contributed by atoms with Gasteiger partial charge in [0.15, 0.2) is 5.82 Å². The van der Waals surface area contributed by atoms with E-state index in [1.165, 1.54) is 17.9 Å². The summed E-state index contributed by atoms with van der Waals surface area (Å²) < 4.78 is 191. The summed E-state index contributed by atoms with van der Waals surface area (Å²) in [5, 5.41) is 0. The molecule has 0 aromatic carbocycles. The van der Waals surface area contributed by atoms with Crippen LogP contribution in [0.25, 0.3) is 0 Å². The summed E-state index contributed by atoms with van der Waals surface area (Å²) in [4.78, 5) is 41.3. The van der Waals surface area contributed by atoms with Gasteiger partial charge in [0.2, 0.25) is 0 Å². The van der Waals surface area contributed by atoms with E-state index in [2.05, 4.69) is 9.17 Å². The number of ether oxygens (including phenoxy) is 2. The highest BCUT2D eigenvalue weighted by Crippen LogP contribution is 2.38. The van der Waals surface area contributed by atoms with Crippen molar-refractivity contribution in [3.63, 3.8) is 0 Å². The standard InChI is InChI=1S/C14H22F3NO5S.C13H23NO3.C7H4F6N2O4S2/c1-5-11(23-24(20,21)14(15,16)17)10-6-8-18(9-7-10)12(19)22-13(2,3)4;1-5-11(15)10-6-8-14(9-7-10)12(16)17-13(2,3)4;8-6(9,10)20(16,17)15(5-3-1-2-4-14-5)21(18,19)7(11,12)13/h5,10H,6-9H2,1-4H3;10H,5-9H2,1-4H3;1-4H/b11-5-;;. The van der Waals surface area contributed by atoms with E-state index in [-0.39, 0.29) is 43.7 Å². The summed E-state index contributed by atoms with van der Waals surface area (Å²) in [6, 6.07) is 2.21. The molecule has 0 aliphatic carbocycles. The lowest BCUT2D eigenvalue weighted by Crippen LogP contribution is -2.49. The highest BCUT2D eigenvalue weighted by molar-refractivity contribution is 8.11. The van der Waals surface area contributed by atoms with Gasteiger partial charge in [0.1, 0.15) is 22.7 Å².